The van der Waals surface area contributed by atoms with Gasteiger partial charge in [-0.1, -0.05) is 45.7 Å². The smallest absolute Gasteiger partial charge is 0.275 e. The molecule has 1 fully saturated rings. The van der Waals surface area contributed by atoms with Gasteiger partial charge in [0.1, 0.15) is 5.82 Å². The molecule has 8 nitrogen and oxygen atoms in total. The number of aromatic nitrogens is 1. The zero-order valence-electron chi connectivity index (χ0n) is 20.4. The Kier molecular flexibility index (Phi) is 7.02. The van der Waals surface area contributed by atoms with Gasteiger partial charge in [-0.25, -0.2) is 4.98 Å². The van der Waals surface area contributed by atoms with Crippen molar-refractivity contribution in [3.63, 3.8) is 0 Å². The van der Waals surface area contributed by atoms with Crippen LogP contribution in [0.25, 0.3) is 10.9 Å². The SMILES string of the molecule is CC1=C(C)C(=O)N(Nc2cc(CN3CCN(C(=O)c4ccccc4Cl)CC3)c3ccc(Br)cc3n2)C1=O. The van der Waals surface area contributed by atoms with E-state index in [-0.39, 0.29) is 17.7 Å². The third-order valence-corrected chi connectivity index (χ3v) is 7.67. The number of piperazine rings is 1. The molecular formula is C27H25BrClN5O3. The topological polar surface area (TPSA) is 85.8 Å². The third-order valence-electron chi connectivity index (χ3n) is 6.85. The fourth-order valence-corrected chi connectivity index (χ4v) is 5.15. The molecule has 0 radical (unpaired) electrons. The van der Waals surface area contributed by atoms with Gasteiger partial charge in [0.2, 0.25) is 0 Å². The van der Waals surface area contributed by atoms with Crippen molar-refractivity contribution in [3.05, 3.63) is 80.3 Å². The first-order valence-corrected chi connectivity index (χ1v) is 13.1. The summed E-state index contributed by atoms with van der Waals surface area (Å²) in [5.41, 5.74) is 6.02. The van der Waals surface area contributed by atoms with Gasteiger partial charge in [0.25, 0.3) is 17.7 Å². The van der Waals surface area contributed by atoms with Crippen molar-refractivity contribution < 1.29 is 14.4 Å². The lowest BCUT2D eigenvalue weighted by molar-refractivity contribution is -0.135. The van der Waals surface area contributed by atoms with Crippen molar-refractivity contribution >= 4 is 62.0 Å². The summed E-state index contributed by atoms with van der Waals surface area (Å²) in [5.74, 6) is -0.397. The van der Waals surface area contributed by atoms with E-state index in [0.29, 0.717) is 60.3 Å². The van der Waals surface area contributed by atoms with Crippen LogP contribution in [-0.4, -0.2) is 63.7 Å². The lowest BCUT2D eigenvalue weighted by Gasteiger charge is -2.35. The molecular weight excluding hydrogens is 558 g/mol. The molecule has 1 N–H and O–H groups in total. The predicted octanol–water partition coefficient (Wildman–Crippen LogP) is 4.64. The Morgan fingerprint density at radius 2 is 1.68 bits per heavy atom. The van der Waals surface area contributed by atoms with E-state index < -0.39 is 0 Å². The van der Waals surface area contributed by atoms with Crippen LogP contribution in [0.4, 0.5) is 5.82 Å². The number of carbonyl (C=O) groups excluding carboxylic acids is 3. The van der Waals surface area contributed by atoms with Crippen LogP contribution < -0.4 is 5.43 Å². The third kappa shape index (κ3) is 4.99. The van der Waals surface area contributed by atoms with Crippen molar-refractivity contribution in [1.29, 1.82) is 0 Å². The van der Waals surface area contributed by atoms with Gasteiger partial charge in [-0.05, 0) is 49.7 Å². The Hall–Kier alpha value is -3.27. The Morgan fingerprint density at radius 1 is 1.00 bits per heavy atom. The van der Waals surface area contributed by atoms with Crippen LogP contribution in [0.15, 0.2) is 64.1 Å². The van der Waals surface area contributed by atoms with Gasteiger partial charge < -0.3 is 4.90 Å². The number of anilines is 1. The van der Waals surface area contributed by atoms with Crippen LogP contribution in [0.1, 0.15) is 29.8 Å². The second-order valence-corrected chi connectivity index (χ2v) is 10.5. The molecule has 0 saturated carbocycles. The van der Waals surface area contributed by atoms with Gasteiger partial charge in [-0.15, -0.1) is 0 Å². The van der Waals surface area contributed by atoms with E-state index in [1.165, 1.54) is 0 Å². The van der Waals surface area contributed by atoms with Crippen molar-refractivity contribution in [2.45, 2.75) is 20.4 Å². The zero-order valence-corrected chi connectivity index (χ0v) is 22.8. The summed E-state index contributed by atoms with van der Waals surface area (Å²) in [6, 6.07) is 14.9. The van der Waals surface area contributed by atoms with E-state index in [0.717, 1.165) is 25.9 Å². The number of halogens is 2. The highest BCUT2D eigenvalue weighted by Gasteiger charge is 2.34. The van der Waals surface area contributed by atoms with Gasteiger partial charge in [-0.2, -0.15) is 5.01 Å². The maximum atomic E-state index is 12.9. The summed E-state index contributed by atoms with van der Waals surface area (Å²) < 4.78 is 0.879. The van der Waals surface area contributed by atoms with Crippen LogP contribution in [0.5, 0.6) is 0 Å². The van der Waals surface area contributed by atoms with Crippen LogP contribution in [0.3, 0.4) is 0 Å². The highest BCUT2D eigenvalue weighted by Crippen LogP contribution is 2.28. The monoisotopic (exact) mass is 581 g/mol. The summed E-state index contributed by atoms with van der Waals surface area (Å²) in [7, 11) is 0. The molecule has 2 aliphatic heterocycles. The van der Waals surface area contributed by atoms with Crippen molar-refractivity contribution in [2.24, 2.45) is 0 Å². The Labute approximate surface area is 228 Å². The fourth-order valence-electron chi connectivity index (χ4n) is 4.58. The van der Waals surface area contributed by atoms with Crippen LogP contribution in [-0.2, 0) is 16.1 Å². The van der Waals surface area contributed by atoms with E-state index in [9.17, 15) is 14.4 Å². The number of hydrogen-bond acceptors (Lipinski definition) is 6. The molecule has 0 atom stereocenters. The molecule has 2 aliphatic rings. The fraction of sp³-hybridized carbons (Fsp3) is 0.259. The predicted molar refractivity (Wildman–Crippen MR) is 146 cm³/mol. The average Bonchev–Trinajstić information content (AvgIpc) is 3.06. The number of nitrogens with one attached hydrogen (secondary N) is 1. The molecule has 5 rings (SSSR count). The molecule has 1 aromatic heterocycles. The number of amides is 3. The molecule has 37 heavy (non-hydrogen) atoms. The van der Waals surface area contributed by atoms with Gasteiger partial charge in [0, 0.05) is 53.7 Å². The minimum atomic E-state index is -0.375. The first-order chi connectivity index (χ1) is 17.7. The number of benzene rings is 2. The number of nitrogens with zero attached hydrogens (tertiary/aromatic N) is 4. The number of imide groups is 1. The summed E-state index contributed by atoms with van der Waals surface area (Å²) in [6.45, 7) is 6.49. The van der Waals surface area contributed by atoms with Crippen LogP contribution in [0.2, 0.25) is 5.02 Å². The molecule has 3 aromatic rings. The van der Waals surface area contributed by atoms with Crippen LogP contribution >= 0.6 is 27.5 Å². The van der Waals surface area contributed by atoms with E-state index in [1.54, 1.807) is 26.0 Å². The molecule has 190 valence electrons. The maximum absolute atomic E-state index is 12.9. The second kappa shape index (κ2) is 10.2. The number of pyridine rings is 1. The molecule has 2 aromatic carbocycles. The molecule has 10 heteroatoms. The summed E-state index contributed by atoms with van der Waals surface area (Å²) in [5, 5.41) is 2.45. The highest BCUT2D eigenvalue weighted by molar-refractivity contribution is 9.10. The van der Waals surface area contributed by atoms with E-state index in [1.807, 2.05) is 41.3 Å². The number of hydrogen-bond donors (Lipinski definition) is 1. The normalized spacial score (nSPS) is 16.8. The highest BCUT2D eigenvalue weighted by atomic mass is 79.9. The number of fused-ring (bicyclic) bond motifs is 1. The number of hydrazine groups is 1. The first kappa shape index (κ1) is 25.4. The Balaban J connectivity index is 1.34. The largest absolute Gasteiger partial charge is 0.336 e. The lowest BCUT2D eigenvalue weighted by Crippen LogP contribution is -2.48. The number of rotatable bonds is 5. The van der Waals surface area contributed by atoms with Gasteiger partial charge in [0.05, 0.1) is 16.1 Å². The van der Waals surface area contributed by atoms with E-state index in [2.05, 4.69) is 31.2 Å². The van der Waals surface area contributed by atoms with Crippen molar-refractivity contribution in [2.75, 3.05) is 31.6 Å². The van der Waals surface area contributed by atoms with Crippen LogP contribution in [0, 0.1) is 0 Å². The van der Waals surface area contributed by atoms with Crippen molar-refractivity contribution in [3.8, 4) is 0 Å². The standard InChI is InChI=1S/C27H25BrClN5O3/c1-16-17(2)26(36)34(25(16)35)31-24-13-18(20-8-7-19(28)14-23(20)30-24)15-32-9-11-33(12-10-32)27(37)21-5-3-4-6-22(21)29/h3-8,13-14H,9-12,15H2,1-2H3,(H,30,31). The average molecular weight is 583 g/mol. The Bertz CT molecular complexity index is 1440. The maximum Gasteiger partial charge on any atom is 0.275 e. The summed E-state index contributed by atoms with van der Waals surface area (Å²) in [6.07, 6.45) is 0. The number of carbonyl (C=O) groups is 3. The molecule has 0 spiro atoms. The van der Waals surface area contributed by atoms with E-state index >= 15 is 0 Å². The molecule has 0 unspecified atom stereocenters. The summed E-state index contributed by atoms with van der Waals surface area (Å²) >= 11 is 9.73. The lowest BCUT2D eigenvalue weighted by atomic mass is 10.1. The first-order valence-electron chi connectivity index (χ1n) is 11.9. The minimum Gasteiger partial charge on any atom is -0.336 e. The molecule has 0 aliphatic carbocycles. The molecule has 0 bridgehead atoms. The molecule has 1 saturated heterocycles. The van der Waals surface area contributed by atoms with Gasteiger partial charge in [-0.3, -0.25) is 24.7 Å². The van der Waals surface area contributed by atoms with Gasteiger partial charge in [0.15, 0.2) is 0 Å². The van der Waals surface area contributed by atoms with E-state index in [4.69, 9.17) is 11.6 Å². The Morgan fingerprint density at radius 3 is 2.35 bits per heavy atom. The second-order valence-electron chi connectivity index (χ2n) is 9.18. The minimum absolute atomic E-state index is 0.0601. The zero-order chi connectivity index (χ0) is 26.3. The molecule has 3 heterocycles. The summed E-state index contributed by atoms with van der Waals surface area (Å²) in [4.78, 5) is 46.8. The quantitative estimate of drug-likeness (QED) is 0.441. The van der Waals surface area contributed by atoms with Crippen molar-refractivity contribution in [1.82, 2.24) is 19.8 Å². The van der Waals surface area contributed by atoms with Gasteiger partial charge >= 0.3 is 0 Å². The molecule has 3 amide bonds.